The molecule has 0 heterocycles. The molecule has 0 spiro atoms. The van der Waals surface area contributed by atoms with E-state index in [1.807, 2.05) is 18.2 Å². The molecule has 7 heteroatoms. The van der Waals surface area contributed by atoms with Crippen LogP contribution in [0.2, 0.25) is 0 Å². The number of carbonyl (C=O) groups excluding carboxylic acids is 2. The molecule has 0 saturated carbocycles. The van der Waals surface area contributed by atoms with Gasteiger partial charge in [-0.25, -0.2) is 8.78 Å². The molecule has 0 atom stereocenters. The van der Waals surface area contributed by atoms with Crippen molar-refractivity contribution in [1.82, 2.24) is 4.90 Å². The Morgan fingerprint density at radius 2 is 1.53 bits per heavy atom. The fourth-order valence-electron chi connectivity index (χ4n) is 2.80. The van der Waals surface area contributed by atoms with E-state index in [2.05, 4.69) is 5.32 Å². The van der Waals surface area contributed by atoms with Crippen molar-refractivity contribution in [2.75, 3.05) is 18.4 Å². The van der Waals surface area contributed by atoms with E-state index in [9.17, 15) is 18.4 Å². The standard InChI is InChI=1S/C23H20F2N2O3/c1-2-27(15-21(28)26-22-19(24)12-7-13-20(22)25)23(29)16-8-6-11-18(14-16)30-17-9-4-3-5-10-17/h3-14H,2,15H2,1H3,(H,26,28). The van der Waals surface area contributed by atoms with E-state index < -0.39 is 29.1 Å². The number of para-hydroxylation sites is 2. The number of nitrogens with one attached hydrogen (secondary N) is 1. The van der Waals surface area contributed by atoms with Crippen LogP contribution in [0.1, 0.15) is 17.3 Å². The number of hydrogen-bond donors (Lipinski definition) is 1. The minimum Gasteiger partial charge on any atom is -0.457 e. The average Bonchev–Trinajstić information content (AvgIpc) is 2.75. The molecule has 0 unspecified atom stereocenters. The van der Waals surface area contributed by atoms with Gasteiger partial charge < -0.3 is 15.0 Å². The van der Waals surface area contributed by atoms with Crippen molar-refractivity contribution in [3.8, 4) is 11.5 Å². The SMILES string of the molecule is CCN(CC(=O)Nc1c(F)cccc1F)C(=O)c1cccc(Oc2ccccc2)c1. The van der Waals surface area contributed by atoms with Gasteiger partial charge in [-0.1, -0.05) is 30.3 Å². The Hall–Kier alpha value is -3.74. The number of nitrogens with zero attached hydrogens (tertiary/aromatic N) is 1. The van der Waals surface area contributed by atoms with Crippen LogP contribution in [0.3, 0.4) is 0 Å². The Bertz CT molecular complexity index is 1020. The molecule has 3 aromatic rings. The average molecular weight is 410 g/mol. The number of benzene rings is 3. The van der Waals surface area contributed by atoms with Gasteiger partial charge in [0.15, 0.2) is 0 Å². The second kappa shape index (κ2) is 9.65. The Morgan fingerprint density at radius 1 is 0.900 bits per heavy atom. The maximum Gasteiger partial charge on any atom is 0.254 e. The first-order valence-corrected chi connectivity index (χ1v) is 9.34. The van der Waals surface area contributed by atoms with Crippen LogP contribution in [-0.4, -0.2) is 29.8 Å². The fourth-order valence-corrected chi connectivity index (χ4v) is 2.80. The van der Waals surface area contributed by atoms with Gasteiger partial charge in [0.05, 0.1) is 0 Å². The van der Waals surface area contributed by atoms with Crippen LogP contribution in [-0.2, 0) is 4.79 Å². The molecule has 0 aliphatic rings. The first kappa shape index (κ1) is 21.0. The number of halogens is 2. The number of anilines is 1. The van der Waals surface area contributed by atoms with Crippen molar-refractivity contribution < 1.29 is 23.1 Å². The molecule has 0 bridgehead atoms. The smallest absolute Gasteiger partial charge is 0.254 e. The zero-order chi connectivity index (χ0) is 21.5. The van der Waals surface area contributed by atoms with Gasteiger partial charge in [-0.15, -0.1) is 0 Å². The van der Waals surface area contributed by atoms with Gasteiger partial charge in [-0.05, 0) is 49.4 Å². The molecule has 1 N–H and O–H groups in total. The number of rotatable bonds is 7. The maximum absolute atomic E-state index is 13.7. The first-order chi connectivity index (χ1) is 14.5. The molecule has 0 aliphatic carbocycles. The second-order valence-electron chi connectivity index (χ2n) is 6.41. The highest BCUT2D eigenvalue weighted by Crippen LogP contribution is 2.23. The Labute approximate surface area is 172 Å². The van der Waals surface area contributed by atoms with Crippen molar-refractivity contribution in [2.45, 2.75) is 6.92 Å². The van der Waals surface area contributed by atoms with Gasteiger partial charge in [0.2, 0.25) is 5.91 Å². The third-order valence-electron chi connectivity index (χ3n) is 4.29. The molecular weight excluding hydrogens is 390 g/mol. The minimum absolute atomic E-state index is 0.232. The van der Waals surface area contributed by atoms with E-state index in [0.717, 1.165) is 12.1 Å². The summed E-state index contributed by atoms with van der Waals surface area (Å²) in [6, 6.07) is 19.0. The van der Waals surface area contributed by atoms with E-state index in [-0.39, 0.29) is 13.1 Å². The Balaban J connectivity index is 1.70. The van der Waals surface area contributed by atoms with Crippen LogP contribution in [0.4, 0.5) is 14.5 Å². The van der Waals surface area contributed by atoms with Crippen molar-refractivity contribution in [3.05, 3.63) is 90.0 Å². The first-order valence-electron chi connectivity index (χ1n) is 9.34. The summed E-state index contributed by atoms with van der Waals surface area (Å²) < 4.78 is 33.2. The molecule has 154 valence electrons. The summed E-state index contributed by atoms with van der Waals surface area (Å²) in [5.41, 5.74) is -0.209. The number of hydrogen-bond acceptors (Lipinski definition) is 3. The van der Waals surface area contributed by atoms with E-state index in [1.165, 1.54) is 11.0 Å². The zero-order valence-corrected chi connectivity index (χ0v) is 16.3. The highest BCUT2D eigenvalue weighted by molar-refractivity contribution is 5.99. The van der Waals surface area contributed by atoms with Gasteiger partial charge in [-0.3, -0.25) is 9.59 Å². The van der Waals surface area contributed by atoms with Gasteiger partial charge in [0.25, 0.3) is 5.91 Å². The van der Waals surface area contributed by atoms with Gasteiger partial charge in [0, 0.05) is 12.1 Å². The normalized spacial score (nSPS) is 10.4. The van der Waals surface area contributed by atoms with Crippen molar-refractivity contribution in [1.29, 1.82) is 0 Å². The predicted octanol–water partition coefficient (Wildman–Crippen LogP) is 4.86. The summed E-state index contributed by atoms with van der Waals surface area (Å²) in [6.07, 6.45) is 0. The molecule has 5 nitrogen and oxygen atoms in total. The highest BCUT2D eigenvalue weighted by atomic mass is 19.1. The van der Waals surface area contributed by atoms with Gasteiger partial charge in [-0.2, -0.15) is 0 Å². The molecule has 2 amide bonds. The summed E-state index contributed by atoms with van der Waals surface area (Å²) in [5.74, 6) is -1.78. The quantitative estimate of drug-likeness (QED) is 0.605. The van der Waals surface area contributed by atoms with Crippen molar-refractivity contribution in [2.24, 2.45) is 0 Å². The molecule has 30 heavy (non-hydrogen) atoms. The lowest BCUT2D eigenvalue weighted by Crippen LogP contribution is -2.38. The molecule has 3 aromatic carbocycles. The van der Waals surface area contributed by atoms with E-state index in [1.54, 1.807) is 43.3 Å². The van der Waals surface area contributed by atoms with E-state index in [0.29, 0.717) is 17.1 Å². The summed E-state index contributed by atoms with van der Waals surface area (Å²) in [4.78, 5) is 26.4. The fraction of sp³-hybridized carbons (Fsp3) is 0.130. The summed E-state index contributed by atoms with van der Waals surface area (Å²) in [7, 11) is 0. The molecule has 3 rings (SSSR count). The third kappa shape index (κ3) is 5.20. The minimum atomic E-state index is -0.886. The summed E-state index contributed by atoms with van der Waals surface area (Å²) in [5, 5.41) is 2.19. The topological polar surface area (TPSA) is 58.6 Å². The predicted molar refractivity (Wildman–Crippen MR) is 110 cm³/mol. The number of ether oxygens (including phenoxy) is 1. The van der Waals surface area contributed by atoms with Gasteiger partial charge in [0.1, 0.15) is 35.4 Å². The Kier molecular flexibility index (Phi) is 6.75. The van der Waals surface area contributed by atoms with E-state index >= 15 is 0 Å². The van der Waals surface area contributed by atoms with Crippen LogP contribution in [0.15, 0.2) is 72.8 Å². The number of carbonyl (C=O) groups is 2. The van der Waals surface area contributed by atoms with Crippen molar-refractivity contribution >= 4 is 17.5 Å². The number of amides is 2. The van der Waals surface area contributed by atoms with E-state index in [4.69, 9.17) is 4.74 Å². The molecular formula is C23H20F2N2O3. The monoisotopic (exact) mass is 410 g/mol. The molecule has 0 radical (unpaired) electrons. The lowest BCUT2D eigenvalue weighted by atomic mass is 10.2. The molecule has 0 saturated heterocycles. The van der Waals surface area contributed by atoms with Crippen LogP contribution < -0.4 is 10.1 Å². The van der Waals surface area contributed by atoms with Crippen LogP contribution in [0.5, 0.6) is 11.5 Å². The number of likely N-dealkylation sites (N-methyl/N-ethyl adjacent to an activating group) is 1. The lowest BCUT2D eigenvalue weighted by Gasteiger charge is -2.21. The molecule has 0 aliphatic heterocycles. The second-order valence-corrected chi connectivity index (χ2v) is 6.41. The van der Waals surface area contributed by atoms with Gasteiger partial charge >= 0.3 is 0 Å². The zero-order valence-electron chi connectivity index (χ0n) is 16.3. The molecule has 0 aromatic heterocycles. The molecule has 0 fully saturated rings. The lowest BCUT2D eigenvalue weighted by molar-refractivity contribution is -0.116. The van der Waals surface area contributed by atoms with Crippen LogP contribution >= 0.6 is 0 Å². The third-order valence-corrected chi connectivity index (χ3v) is 4.29. The largest absolute Gasteiger partial charge is 0.457 e. The van der Waals surface area contributed by atoms with Crippen LogP contribution in [0, 0.1) is 11.6 Å². The Morgan fingerprint density at radius 3 is 2.20 bits per heavy atom. The summed E-state index contributed by atoms with van der Waals surface area (Å²) >= 11 is 0. The van der Waals surface area contributed by atoms with Crippen molar-refractivity contribution in [3.63, 3.8) is 0 Å². The summed E-state index contributed by atoms with van der Waals surface area (Å²) in [6.45, 7) is 1.59. The maximum atomic E-state index is 13.7. The highest BCUT2D eigenvalue weighted by Gasteiger charge is 2.20. The van der Waals surface area contributed by atoms with Crippen LogP contribution in [0.25, 0.3) is 0 Å².